The highest BCUT2D eigenvalue weighted by molar-refractivity contribution is 6.30. The van der Waals surface area contributed by atoms with Gasteiger partial charge in [-0.05, 0) is 25.5 Å². The number of rotatable bonds is 8. The van der Waals surface area contributed by atoms with Crippen LogP contribution < -0.4 is 10.8 Å². The van der Waals surface area contributed by atoms with E-state index in [4.69, 9.17) is 16.7 Å². The van der Waals surface area contributed by atoms with Gasteiger partial charge in [0.2, 0.25) is 0 Å². The van der Waals surface area contributed by atoms with Crippen molar-refractivity contribution in [3.63, 3.8) is 0 Å². The number of carboxylic acid groups (broad SMARTS) is 1. The highest BCUT2D eigenvalue weighted by atomic mass is 35.5. The maximum atomic E-state index is 14.4. The number of aliphatic carboxylic acids is 1. The van der Waals surface area contributed by atoms with Crippen molar-refractivity contribution in [3.8, 4) is 0 Å². The smallest absolute Gasteiger partial charge is 0.332 e. The molecule has 3 N–H and O–H groups in total. The molecule has 1 rings (SSSR count). The summed E-state index contributed by atoms with van der Waals surface area (Å²) in [5.41, 5.74) is 0.562. The van der Waals surface area contributed by atoms with Gasteiger partial charge in [-0.25, -0.2) is 28.4 Å². The van der Waals surface area contributed by atoms with E-state index < -0.39 is 47.2 Å². The Bertz CT molecular complexity index is 836. The second-order valence-electron chi connectivity index (χ2n) is 5.07. The van der Waals surface area contributed by atoms with Crippen LogP contribution in [0.2, 0.25) is 5.02 Å². The number of pyridine rings is 1. The molecule has 1 aromatic rings. The third-order valence-corrected chi connectivity index (χ3v) is 3.15. The fourth-order valence-corrected chi connectivity index (χ4v) is 1.86. The average molecular weight is 406 g/mol. The largest absolute Gasteiger partial charge is 0.479 e. The summed E-state index contributed by atoms with van der Waals surface area (Å²) >= 11 is 5.76. The van der Waals surface area contributed by atoms with Gasteiger partial charge < -0.3 is 10.4 Å². The van der Waals surface area contributed by atoms with Crippen LogP contribution in [-0.4, -0.2) is 28.6 Å². The van der Waals surface area contributed by atoms with E-state index in [0.29, 0.717) is 12.5 Å². The summed E-state index contributed by atoms with van der Waals surface area (Å²) in [7, 11) is 0. The van der Waals surface area contributed by atoms with Crippen molar-refractivity contribution in [2.75, 3.05) is 11.9 Å². The number of hydrogen-bond acceptors (Lipinski definition) is 5. The highest BCUT2D eigenvalue weighted by Crippen LogP contribution is 2.28. The predicted octanol–water partition coefficient (Wildman–Crippen LogP) is 3.50. The van der Waals surface area contributed by atoms with E-state index in [-0.39, 0.29) is 10.8 Å². The van der Waals surface area contributed by atoms with E-state index >= 15 is 0 Å². The van der Waals surface area contributed by atoms with Gasteiger partial charge in [0.15, 0.2) is 18.3 Å². The van der Waals surface area contributed by atoms with Gasteiger partial charge in [-0.2, -0.15) is 0 Å². The lowest BCUT2D eigenvalue weighted by molar-refractivity contribution is -0.148. The van der Waals surface area contributed by atoms with E-state index in [1.165, 1.54) is 12.3 Å². The first kappa shape index (κ1) is 22.2. The molecule has 0 aromatic carbocycles. The van der Waals surface area contributed by atoms with Gasteiger partial charge >= 0.3 is 5.97 Å². The van der Waals surface area contributed by atoms with Gasteiger partial charge in [-0.1, -0.05) is 18.2 Å². The quantitative estimate of drug-likeness (QED) is 0.348. The van der Waals surface area contributed by atoms with Crippen LogP contribution in [0.5, 0.6) is 0 Å². The van der Waals surface area contributed by atoms with Gasteiger partial charge in [-0.3, -0.25) is 9.63 Å². The minimum Gasteiger partial charge on any atom is -0.479 e. The van der Waals surface area contributed by atoms with Crippen LogP contribution in [0.1, 0.15) is 12.5 Å². The van der Waals surface area contributed by atoms with Gasteiger partial charge in [0, 0.05) is 6.20 Å². The minimum atomic E-state index is -1.86. The van der Waals surface area contributed by atoms with E-state index in [1.54, 1.807) is 12.4 Å². The summed E-state index contributed by atoms with van der Waals surface area (Å²) in [5, 5.41) is 11.1. The molecular formula is C16H15ClF3N3O4. The van der Waals surface area contributed by atoms with Gasteiger partial charge in [0.1, 0.15) is 11.6 Å². The zero-order valence-electron chi connectivity index (χ0n) is 14.2. The summed E-state index contributed by atoms with van der Waals surface area (Å²) < 4.78 is 41.2. The maximum Gasteiger partial charge on any atom is 0.332 e. The lowest BCUT2D eigenvalue weighted by Crippen LogP contribution is -2.29. The Morgan fingerprint density at radius 1 is 1.33 bits per heavy atom. The third-order valence-electron chi connectivity index (χ3n) is 2.94. The fourth-order valence-electron chi connectivity index (χ4n) is 1.65. The number of halogens is 4. The number of hydroxylamine groups is 1. The number of nitrogens with one attached hydrogen (secondary N) is 2. The number of aromatic nitrogens is 1. The summed E-state index contributed by atoms with van der Waals surface area (Å²) in [6.45, 7) is 4.63. The lowest BCUT2D eigenvalue weighted by atomic mass is 10.1. The van der Waals surface area contributed by atoms with Crippen LogP contribution in [0.25, 0.3) is 0 Å². The van der Waals surface area contributed by atoms with E-state index in [9.17, 15) is 22.8 Å². The molecule has 0 aliphatic rings. The van der Waals surface area contributed by atoms with Crippen LogP contribution in [0.4, 0.5) is 19.0 Å². The molecule has 1 aromatic heterocycles. The number of nitrogens with zero attached hydrogens (tertiary/aromatic N) is 1. The first-order valence-corrected chi connectivity index (χ1v) is 7.56. The van der Waals surface area contributed by atoms with Crippen molar-refractivity contribution >= 4 is 29.3 Å². The minimum absolute atomic E-state index is 0.00531. The van der Waals surface area contributed by atoms with E-state index in [1.807, 2.05) is 0 Å². The molecule has 1 heterocycles. The summed E-state index contributed by atoms with van der Waals surface area (Å²) in [6, 6.07) is 1.46. The molecule has 0 spiro atoms. The molecule has 11 heteroatoms. The number of carboxylic acids is 1. The van der Waals surface area contributed by atoms with Crippen molar-refractivity contribution in [1.82, 2.24) is 10.5 Å². The monoisotopic (exact) mass is 405 g/mol. The topological polar surface area (TPSA) is 101 Å². The van der Waals surface area contributed by atoms with Gasteiger partial charge in [0.25, 0.3) is 5.91 Å². The number of hydrogen-bond donors (Lipinski definition) is 3. The van der Waals surface area contributed by atoms with Crippen LogP contribution in [0.3, 0.4) is 0 Å². The van der Waals surface area contributed by atoms with Crippen molar-refractivity contribution in [3.05, 3.63) is 58.2 Å². The lowest BCUT2D eigenvalue weighted by Gasteiger charge is -2.15. The summed E-state index contributed by atoms with van der Waals surface area (Å²) in [5.74, 6) is -7.65. The maximum absolute atomic E-state index is 14.4. The Morgan fingerprint density at radius 3 is 2.48 bits per heavy atom. The van der Waals surface area contributed by atoms with Crippen LogP contribution in [-0.2, 0) is 14.4 Å². The van der Waals surface area contributed by atoms with Crippen molar-refractivity contribution in [2.45, 2.75) is 13.8 Å². The number of aryl methyl sites for hydroxylation is 1. The highest BCUT2D eigenvalue weighted by Gasteiger charge is 2.23. The van der Waals surface area contributed by atoms with Crippen molar-refractivity contribution < 1.29 is 32.7 Å². The van der Waals surface area contributed by atoms with E-state index in [0.717, 1.165) is 0 Å². The normalized spacial score (nSPS) is 12.7. The number of amides is 1. The molecule has 0 saturated carbocycles. The Morgan fingerprint density at radius 2 is 1.96 bits per heavy atom. The molecule has 0 saturated heterocycles. The number of anilines is 1. The fraction of sp³-hybridized carbons (Fsp3) is 0.188. The van der Waals surface area contributed by atoms with Crippen molar-refractivity contribution in [2.24, 2.45) is 0 Å². The summed E-state index contributed by atoms with van der Waals surface area (Å²) in [4.78, 5) is 30.5. The Labute approximate surface area is 157 Å². The van der Waals surface area contributed by atoms with Gasteiger partial charge in [-0.15, -0.1) is 0 Å². The molecule has 0 aliphatic heterocycles. The molecule has 0 radical (unpaired) electrons. The van der Waals surface area contributed by atoms with Crippen molar-refractivity contribution in [1.29, 1.82) is 0 Å². The zero-order chi connectivity index (χ0) is 20.7. The molecular weight excluding hydrogens is 391 g/mol. The molecule has 0 atom stereocenters. The Kier molecular flexibility index (Phi) is 8.00. The Hall–Kier alpha value is -2.85. The molecule has 27 heavy (non-hydrogen) atoms. The zero-order valence-corrected chi connectivity index (χ0v) is 15.0. The molecule has 1 amide bonds. The number of allylic oxidation sites excluding steroid dienone is 3. The molecule has 7 nitrogen and oxygen atoms in total. The molecule has 0 unspecified atom stereocenters. The van der Waals surface area contributed by atoms with E-state index in [2.05, 4.69) is 21.7 Å². The summed E-state index contributed by atoms with van der Waals surface area (Å²) in [6.07, 6.45) is 1.21. The average Bonchev–Trinajstić information content (AvgIpc) is 2.58. The molecule has 0 bridgehead atoms. The molecule has 0 fully saturated rings. The standard InChI is InChI=1S/C16H15ClF3N3O4/c1-7-4-10(17)5-21-15(7)22-14(13(20)12(19)9(3)18)8(2)16(26)23-27-6-11(24)25/h4-5H,2,6H2,1,3H3,(H,21,22)(H,23,26)(H,24,25)/b12-9-,14-13-. The first-order valence-electron chi connectivity index (χ1n) is 7.19. The second-order valence-corrected chi connectivity index (χ2v) is 5.51. The SMILES string of the molecule is C=C(C(=O)NOCC(=O)O)/C(Nc1ncc(Cl)cc1C)=C(F)\C(F)=C(/C)F. The Balaban J connectivity index is 3.24. The van der Waals surface area contributed by atoms with Crippen LogP contribution in [0.15, 0.2) is 47.6 Å². The molecule has 0 aliphatic carbocycles. The van der Waals surface area contributed by atoms with Gasteiger partial charge in [0.05, 0.1) is 16.3 Å². The molecule has 146 valence electrons. The van der Waals surface area contributed by atoms with Crippen LogP contribution in [0, 0.1) is 6.92 Å². The number of carbonyl (C=O) groups is 2. The second kappa shape index (κ2) is 9.74. The predicted molar refractivity (Wildman–Crippen MR) is 91.5 cm³/mol. The third kappa shape index (κ3) is 6.42. The number of carbonyl (C=O) groups excluding carboxylic acids is 1. The first-order chi connectivity index (χ1) is 12.5. The van der Waals surface area contributed by atoms with Crippen LogP contribution >= 0.6 is 11.6 Å².